The first-order chi connectivity index (χ1) is 7.35. The molecule has 0 saturated heterocycles. The molecule has 0 aliphatic rings. The third-order valence-corrected chi connectivity index (χ3v) is 2.60. The molecular formula is C13H28N2O. The van der Waals surface area contributed by atoms with Crippen LogP contribution in [-0.2, 0) is 4.79 Å². The fourth-order valence-corrected chi connectivity index (χ4v) is 1.24. The zero-order chi connectivity index (χ0) is 12.6. The van der Waals surface area contributed by atoms with Gasteiger partial charge in [0.15, 0.2) is 0 Å². The summed E-state index contributed by atoms with van der Waals surface area (Å²) in [4.78, 5) is 11.4. The first-order valence-electron chi connectivity index (χ1n) is 6.35. The quantitative estimate of drug-likeness (QED) is 0.657. The van der Waals surface area contributed by atoms with Crippen molar-refractivity contribution in [1.29, 1.82) is 0 Å². The summed E-state index contributed by atoms with van der Waals surface area (Å²) in [6.45, 7) is 12.6. The number of hydrogen-bond donors (Lipinski definition) is 2. The lowest BCUT2D eigenvalue weighted by molar-refractivity contribution is -0.121. The van der Waals surface area contributed by atoms with Gasteiger partial charge in [-0.3, -0.25) is 4.79 Å². The summed E-state index contributed by atoms with van der Waals surface area (Å²) in [5.74, 6) is 0.151. The maximum absolute atomic E-state index is 11.4. The van der Waals surface area contributed by atoms with E-state index in [0.717, 1.165) is 25.9 Å². The maximum atomic E-state index is 11.4. The molecule has 16 heavy (non-hydrogen) atoms. The summed E-state index contributed by atoms with van der Waals surface area (Å²) in [6, 6.07) is 0.294. The van der Waals surface area contributed by atoms with Crippen LogP contribution < -0.4 is 10.6 Å². The van der Waals surface area contributed by atoms with Crippen molar-refractivity contribution >= 4 is 5.91 Å². The first kappa shape index (κ1) is 15.4. The molecule has 0 rings (SSSR count). The highest BCUT2D eigenvalue weighted by Crippen LogP contribution is 2.16. The zero-order valence-electron chi connectivity index (χ0n) is 11.5. The van der Waals surface area contributed by atoms with Crippen molar-refractivity contribution in [3.05, 3.63) is 0 Å². The van der Waals surface area contributed by atoms with Gasteiger partial charge < -0.3 is 10.6 Å². The molecule has 0 spiro atoms. The number of carbonyl (C=O) groups excluding carboxylic acids is 1. The van der Waals surface area contributed by atoms with Gasteiger partial charge in [0, 0.05) is 19.0 Å². The topological polar surface area (TPSA) is 41.1 Å². The van der Waals surface area contributed by atoms with Gasteiger partial charge in [-0.2, -0.15) is 0 Å². The minimum Gasteiger partial charge on any atom is -0.354 e. The second kappa shape index (κ2) is 7.66. The van der Waals surface area contributed by atoms with Gasteiger partial charge in [-0.1, -0.05) is 27.7 Å². The van der Waals surface area contributed by atoms with Crippen molar-refractivity contribution in [2.45, 2.75) is 59.9 Å². The van der Waals surface area contributed by atoms with Crippen LogP contribution in [0.3, 0.4) is 0 Å². The van der Waals surface area contributed by atoms with Crippen molar-refractivity contribution in [3.63, 3.8) is 0 Å². The Kier molecular flexibility index (Phi) is 7.39. The molecule has 0 aromatic rings. The summed E-state index contributed by atoms with van der Waals surface area (Å²) in [6.07, 6.45) is 2.71. The van der Waals surface area contributed by atoms with Crippen LogP contribution in [0.25, 0.3) is 0 Å². The Morgan fingerprint density at radius 2 is 1.88 bits per heavy atom. The highest BCUT2D eigenvalue weighted by molar-refractivity contribution is 5.76. The van der Waals surface area contributed by atoms with Gasteiger partial charge in [0.1, 0.15) is 0 Å². The fraction of sp³-hybridized carbons (Fsp3) is 0.923. The molecule has 0 heterocycles. The van der Waals surface area contributed by atoms with Crippen LogP contribution in [0.2, 0.25) is 0 Å². The molecule has 0 bridgehead atoms. The Bertz CT molecular complexity index is 197. The molecule has 0 fully saturated rings. The summed E-state index contributed by atoms with van der Waals surface area (Å²) >= 11 is 0. The molecule has 0 radical (unpaired) electrons. The van der Waals surface area contributed by atoms with Crippen LogP contribution in [0, 0.1) is 5.41 Å². The third-order valence-electron chi connectivity index (χ3n) is 2.60. The standard InChI is InChI=1S/C13H28N2O/c1-6-11(2)15-12(16)7-9-14-10-8-13(3,4)5/h11,14H,6-10H2,1-5H3,(H,15,16). The number of amides is 1. The van der Waals surface area contributed by atoms with Crippen molar-refractivity contribution in [2.24, 2.45) is 5.41 Å². The van der Waals surface area contributed by atoms with Crippen LogP contribution in [0.5, 0.6) is 0 Å². The van der Waals surface area contributed by atoms with Gasteiger partial charge in [-0.15, -0.1) is 0 Å². The monoisotopic (exact) mass is 228 g/mol. The molecule has 1 unspecified atom stereocenters. The van der Waals surface area contributed by atoms with Gasteiger partial charge in [-0.25, -0.2) is 0 Å². The molecule has 0 aliphatic heterocycles. The number of rotatable bonds is 7. The summed E-state index contributed by atoms with van der Waals surface area (Å²) in [7, 11) is 0. The molecule has 0 aromatic heterocycles. The molecule has 1 atom stereocenters. The number of hydrogen-bond acceptors (Lipinski definition) is 2. The number of carbonyl (C=O) groups is 1. The molecule has 0 aromatic carbocycles. The van der Waals surface area contributed by atoms with Gasteiger partial charge in [-0.05, 0) is 31.7 Å². The van der Waals surface area contributed by atoms with E-state index in [2.05, 4.69) is 38.3 Å². The number of nitrogens with one attached hydrogen (secondary N) is 2. The lowest BCUT2D eigenvalue weighted by Gasteiger charge is -2.18. The smallest absolute Gasteiger partial charge is 0.221 e. The molecule has 96 valence electrons. The van der Waals surface area contributed by atoms with E-state index in [0.29, 0.717) is 17.9 Å². The van der Waals surface area contributed by atoms with Crippen molar-refractivity contribution in [1.82, 2.24) is 10.6 Å². The van der Waals surface area contributed by atoms with E-state index in [1.54, 1.807) is 0 Å². The van der Waals surface area contributed by atoms with E-state index in [9.17, 15) is 4.79 Å². The van der Waals surface area contributed by atoms with Gasteiger partial charge in [0.2, 0.25) is 5.91 Å². The fourth-order valence-electron chi connectivity index (χ4n) is 1.24. The lowest BCUT2D eigenvalue weighted by Crippen LogP contribution is -2.34. The van der Waals surface area contributed by atoms with Crippen LogP contribution in [0.4, 0.5) is 0 Å². The van der Waals surface area contributed by atoms with Gasteiger partial charge in [0.25, 0.3) is 0 Å². The highest BCUT2D eigenvalue weighted by atomic mass is 16.1. The van der Waals surface area contributed by atoms with E-state index in [-0.39, 0.29) is 5.91 Å². The van der Waals surface area contributed by atoms with Crippen LogP contribution in [-0.4, -0.2) is 25.0 Å². The highest BCUT2D eigenvalue weighted by Gasteiger charge is 2.09. The Morgan fingerprint density at radius 3 is 2.38 bits per heavy atom. The Hall–Kier alpha value is -0.570. The van der Waals surface area contributed by atoms with Crippen LogP contribution >= 0.6 is 0 Å². The minimum absolute atomic E-state index is 0.151. The molecule has 0 saturated carbocycles. The van der Waals surface area contributed by atoms with E-state index < -0.39 is 0 Å². The van der Waals surface area contributed by atoms with E-state index in [1.165, 1.54) is 0 Å². The zero-order valence-corrected chi connectivity index (χ0v) is 11.5. The van der Waals surface area contributed by atoms with Gasteiger partial charge in [0.05, 0.1) is 0 Å². The SMILES string of the molecule is CCC(C)NC(=O)CCNCCC(C)(C)C. The average molecular weight is 228 g/mol. The molecule has 3 heteroatoms. The molecule has 1 amide bonds. The van der Waals surface area contributed by atoms with E-state index in [1.807, 2.05) is 6.92 Å². The van der Waals surface area contributed by atoms with E-state index in [4.69, 9.17) is 0 Å². The Balaban J connectivity index is 3.42. The van der Waals surface area contributed by atoms with Crippen molar-refractivity contribution < 1.29 is 4.79 Å². The lowest BCUT2D eigenvalue weighted by atomic mass is 9.92. The third kappa shape index (κ3) is 9.97. The second-order valence-corrected chi connectivity index (χ2v) is 5.69. The summed E-state index contributed by atoms with van der Waals surface area (Å²) in [5, 5.41) is 6.26. The van der Waals surface area contributed by atoms with Crippen molar-refractivity contribution in [3.8, 4) is 0 Å². The molecule has 3 nitrogen and oxygen atoms in total. The average Bonchev–Trinajstić information content (AvgIpc) is 2.15. The predicted molar refractivity (Wildman–Crippen MR) is 69.5 cm³/mol. The maximum Gasteiger partial charge on any atom is 0.221 e. The minimum atomic E-state index is 0.151. The normalized spacial score (nSPS) is 13.6. The summed E-state index contributed by atoms with van der Waals surface area (Å²) in [5.41, 5.74) is 0.367. The molecule has 0 aliphatic carbocycles. The second-order valence-electron chi connectivity index (χ2n) is 5.69. The van der Waals surface area contributed by atoms with Crippen molar-refractivity contribution in [2.75, 3.05) is 13.1 Å². The van der Waals surface area contributed by atoms with Crippen LogP contribution in [0.15, 0.2) is 0 Å². The van der Waals surface area contributed by atoms with E-state index >= 15 is 0 Å². The largest absolute Gasteiger partial charge is 0.354 e. The summed E-state index contributed by atoms with van der Waals surface area (Å²) < 4.78 is 0. The predicted octanol–water partition coefficient (Wildman–Crippen LogP) is 2.32. The Morgan fingerprint density at radius 1 is 1.25 bits per heavy atom. The van der Waals surface area contributed by atoms with Gasteiger partial charge >= 0.3 is 0 Å². The first-order valence-corrected chi connectivity index (χ1v) is 6.35. The molecular weight excluding hydrogens is 200 g/mol. The van der Waals surface area contributed by atoms with Crippen LogP contribution in [0.1, 0.15) is 53.9 Å². The Labute approximate surface area is 100 Å². The molecule has 2 N–H and O–H groups in total.